The summed E-state index contributed by atoms with van der Waals surface area (Å²) in [7, 11) is 0. The second-order valence-electron chi connectivity index (χ2n) is 6.01. The summed E-state index contributed by atoms with van der Waals surface area (Å²) >= 11 is 1.67. The molecule has 0 aliphatic heterocycles. The van der Waals surface area contributed by atoms with Crippen LogP contribution in [-0.2, 0) is 11.9 Å². The van der Waals surface area contributed by atoms with Gasteiger partial charge in [-0.15, -0.1) is 11.8 Å². The van der Waals surface area contributed by atoms with E-state index < -0.39 is 11.7 Å². The highest BCUT2D eigenvalue weighted by molar-refractivity contribution is 7.98. The molecule has 3 aromatic rings. The molecule has 5 heteroatoms. The van der Waals surface area contributed by atoms with Gasteiger partial charge in [-0.25, -0.2) is 0 Å². The smallest absolute Gasteiger partial charge is 0.416 e. The number of alkyl halides is 3. The third-order valence-corrected chi connectivity index (χ3v) is 5.14. The summed E-state index contributed by atoms with van der Waals surface area (Å²) in [5.41, 5.74) is 2.96. The van der Waals surface area contributed by atoms with Crippen molar-refractivity contribution in [2.24, 2.45) is 0 Å². The van der Waals surface area contributed by atoms with Gasteiger partial charge in [0.25, 0.3) is 0 Å². The van der Waals surface area contributed by atoms with Gasteiger partial charge in [-0.05, 0) is 59.5 Å². The number of phenolic OH excluding ortho intramolecular Hbond substituents is 1. The molecule has 0 spiro atoms. The van der Waals surface area contributed by atoms with E-state index in [0.717, 1.165) is 45.0 Å². The summed E-state index contributed by atoms with van der Waals surface area (Å²) in [5, 5.41) is 9.56. The number of halogens is 3. The Balaban J connectivity index is 1.67. The lowest BCUT2D eigenvalue weighted by Gasteiger charge is -2.09. The molecule has 0 fully saturated rings. The van der Waals surface area contributed by atoms with E-state index in [1.807, 2.05) is 43.3 Å². The zero-order chi connectivity index (χ0) is 18.7. The van der Waals surface area contributed by atoms with Crippen LogP contribution in [0.2, 0.25) is 0 Å². The van der Waals surface area contributed by atoms with Crippen molar-refractivity contribution < 1.29 is 18.3 Å². The van der Waals surface area contributed by atoms with Crippen molar-refractivity contribution >= 4 is 11.8 Å². The predicted molar refractivity (Wildman–Crippen MR) is 99.3 cm³/mol. The summed E-state index contributed by atoms with van der Waals surface area (Å²) in [5.74, 6) is 1.06. The summed E-state index contributed by atoms with van der Waals surface area (Å²) in [6, 6.07) is 18.5. The molecule has 0 radical (unpaired) electrons. The van der Waals surface area contributed by atoms with Gasteiger partial charge in [0, 0.05) is 10.6 Å². The molecule has 0 atom stereocenters. The van der Waals surface area contributed by atoms with Gasteiger partial charge in [0.15, 0.2) is 0 Å². The average Bonchev–Trinajstić information content (AvgIpc) is 2.62. The van der Waals surface area contributed by atoms with Crippen LogP contribution >= 0.6 is 11.8 Å². The lowest BCUT2D eigenvalue weighted by atomic mass is 10.0. The Morgan fingerprint density at radius 2 is 1.42 bits per heavy atom. The molecule has 0 saturated heterocycles. The topological polar surface area (TPSA) is 20.2 Å². The van der Waals surface area contributed by atoms with E-state index in [2.05, 4.69) is 0 Å². The first-order valence-electron chi connectivity index (χ1n) is 8.02. The quantitative estimate of drug-likeness (QED) is 0.514. The van der Waals surface area contributed by atoms with Crippen molar-refractivity contribution in [2.45, 2.75) is 23.7 Å². The minimum atomic E-state index is -4.31. The summed E-state index contributed by atoms with van der Waals surface area (Å²) < 4.78 is 37.9. The van der Waals surface area contributed by atoms with Crippen molar-refractivity contribution in [1.82, 2.24) is 0 Å². The molecule has 0 saturated carbocycles. The van der Waals surface area contributed by atoms with Crippen LogP contribution < -0.4 is 0 Å². The molecular weight excluding hydrogens is 357 g/mol. The van der Waals surface area contributed by atoms with Crippen LogP contribution in [0.25, 0.3) is 11.1 Å². The molecule has 0 aliphatic carbocycles. The number of phenols is 1. The highest BCUT2D eigenvalue weighted by Crippen LogP contribution is 2.31. The molecule has 26 heavy (non-hydrogen) atoms. The fourth-order valence-corrected chi connectivity index (χ4v) is 3.48. The normalized spacial score (nSPS) is 11.5. The van der Waals surface area contributed by atoms with Gasteiger partial charge in [-0.3, -0.25) is 0 Å². The van der Waals surface area contributed by atoms with Gasteiger partial charge < -0.3 is 5.11 Å². The molecule has 1 nitrogen and oxygen atoms in total. The van der Waals surface area contributed by atoms with Crippen LogP contribution in [0.15, 0.2) is 71.6 Å². The molecule has 0 aliphatic rings. The number of aromatic hydroxyl groups is 1. The van der Waals surface area contributed by atoms with Crippen LogP contribution in [0.3, 0.4) is 0 Å². The SMILES string of the molecule is Cc1cc(SCc2ccc(-c3ccc(C(F)(F)F)cc3)cc2)ccc1O. The first-order chi connectivity index (χ1) is 12.3. The van der Waals surface area contributed by atoms with Gasteiger partial charge in [0.2, 0.25) is 0 Å². The van der Waals surface area contributed by atoms with E-state index in [4.69, 9.17) is 0 Å². The maximum atomic E-state index is 12.6. The van der Waals surface area contributed by atoms with Crippen LogP contribution in [0, 0.1) is 6.92 Å². The summed E-state index contributed by atoms with van der Waals surface area (Å²) in [6.07, 6.45) is -4.31. The Morgan fingerprint density at radius 3 is 1.96 bits per heavy atom. The number of hydrogen-bond donors (Lipinski definition) is 1. The third kappa shape index (κ3) is 4.41. The fourth-order valence-electron chi connectivity index (χ4n) is 2.53. The summed E-state index contributed by atoms with van der Waals surface area (Å²) in [4.78, 5) is 1.08. The highest BCUT2D eigenvalue weighted by Gasteiger charge is 2.29. The lowest BCUT2D eigenvalue weighted by Crippen LogP contribution is -2.03. The van der Waals surface area contributed by atoms with Gasteiger partial charge in [-0.2, -0.15) is 13.2 Å². The summed E-state index contributed by atoms with van der Waals surface area (Å²) in [6.45, 7) is 1.86. The molecule has 1 N–H and O–H groups in total. The van der Waals surface area contributed by atoms with Crippen molar-refractivity contribution in [3.05, 3.63) is 83.4 Å². The van der Waals surface area contributed by atoms with Gasteiger partial charge in [0.05, 0.1) is 5.56 Å². The Labute approximate surface area is 154 Å². The van der Waals surface area contributed by atoms with E-state index in [9.17, 15) is 18.3 Å². The van der Waals surface area contributed by atoms with Crippen LogP contribution in [-0.4, -0.2) is 5.11 Å². The number of hydrogen-bond acceptors (Lipinski definition) is 2. The fraction of sp³-hybridized carbons (Fsp3) is 0.143. The zero-order valence-corrected chi connectivity index (χ0v) is 14.9. The Bertz CT molecular complexity index is 885. The minimum absolute atomic E-state index is 0.287. The Morgan fingerprint density at radius 1 is 0.846 bits per heavy atom. The second kappa shape index (κ2) is 7.46. The molecule has 0 aromatic heterocycles. The van der Waals surface area contributed by atoms with E-state index in [1.165, 1.54) is 12.1 Å². The molecule has 0 unspecified atom stereocenters. The Hall–Kier alpha value is -2.40. The molecule has 3 aromatic carbocycles. The average molecular weight is 374 g/mol. The number of benzene rings is 3. The third-order valence-electron chi connectivity index (χ3n) is 4.07. The molecule has 0 amide bonds. The number of thioether (sulfide) groups is 1. The number of aryl methyl sites for hydroxylation is 1. The van der Waals surface area contributed by atoms with Gasteiger partial charge in [0.1, 0.15) is 5.75 Å². The largest absolute Gasteiger partial charge is 0.508 e. The zero-order valence-electron chi connectivity index (χ0n) is 14.0. The predicted octanol–water partition coefficient (Wildman–Crippen LogP) is 6.68. The van der Waals surface area contributed by atoms with Crippen LogP contribution in [0.4, 0.5) is 13.2 Å². The maximum Gasteiger partial charge on any atom is 0.416 e. The van der Waals surface area contributed by atoms with E-state index >= 15 is 0 Å². The second-order valence-corrected chi connectivity index (χ2v) is 7.06. The van der Waals surface area contributed by atoms with Crippen molar-refractivity contribution in [3.63, 3.8) is 0 Å². The van der Waals surface area contributed by atoms with Gasteiger partial charge in [-0.1, -0.05) is 36.4 Å². The maximum absolute atomic E-state index is 12.6. The minimum Gasteiger partial charge on any atom is -0.508 e. The monoisotopic (exact) mass is 374 g/mol. The first-order valence-corrected chi connectivity index (χ1v) is 9.00. The van der Waals surface area contributed by atoms with Crippen molar-refractivity contribution in [2.75, 3.05) is 0 Å². The Kier molecular flexibility index (Phi) is 5.28. The highest BCUT2D eigenvalue weighted by atomic mass is 32.2. The molecular formula is C21H17F3OS. The molecule has 3 rings (SSSR count). The molecule has 0 heterocycles. The van der Waals surface area contributed by atoms with E-state index in [0.29, 0.717) is 0 Å². The number of rotatable bonds is 4. The standard InChI is InChI=1S/C21H17F3OS/c1-14-12-19(10-11-20(14)25)26-13-15-2-4-16(5-3-15)17-6-8-18(9-7-17)21(22,23)24/h2-12,25H,13H2,1H3. The lowest BCUT2D eigenvalue weighted by molar-refractivity contribution is -0.137. The first kappa shape index (κ1) is 18.4. The van der Waals surface area contributed by atoms with Gasteiger partial charge >= 0.3 is 6.18 Å². The molecule has 134 valence electrons. The van der Waals surface area contributed by atoms with E-state index in [-0.39, 0.29) is 5.75 Å². The van der Waals surface area contributed by atoms with Crippen LogP contribution in [0.1, 0.15) is 16.7 Å². The van der Waals surface area contributed by atoms with E-state index in [1.54, 1.807) is 17.8 Å². The molecule has 0 bridgehead atoms. The van der Waals surface area contributed by atoms with Crippen LogP contribution in [0.5, 0.6) is 5.75 Å². The van der Waals surface area contributed by atoms with Crippen molar-refractivity contribution in [3.8, 4) is 16.9 Å². The van der Waals surface area contributed by atoms with Crippen molar-refractivity contribution in [1.29, 1.82) is 0 Å².